The summed E-state index contributed by atoms with van der Waals surface area (Å²) in [5.74, 6) is -2.31. The number of anilines is 1. The van der Waals surface area contributed by atoms with E-state index in [0.29, 0.717) is 71.5 Å². The number of carbonyl (C=O) groups is 5. The van der Waals surface area contributed by atoms with E-state index in [1.807, 2.05) is 0 Å². The lowest BCUT2D eigenvalue weighted by molar-refractivity contribution is -0.145. The molecule has 13 nitrogen and oxygen atoms in total. The van der Waals surface area contributed by atoms with Gasteiger partial charge in [0, 0.05) is 25.1 Å². The van der Waals surface area contributed by atoms with Crippen LogP contribution in [-0.2, 0) is 38.1 Å². The predicted molar refractivity (Wildman–Crippen MR) is 205 cm³/mol. The second-order valence-corrected chi connectivity index (χ2v) is 14.0. The molecule has 1 aromatic carbocycles. The van der Waals surface area contributed by atoms with Crippen LogP contribution in [-0.4, -0.2) is 107 Å². The molecule has 1 unspecified atom stereocenters. The van der Waals surface area contributed by atoms with E-state index < -0.39 is 29.7 Å². The number of imide groups is 2. The molecule has 13 heteroatoms. The van der Waals surface area contributed by atoms with Gasteiger partial charge in [-0.05, 0) is 25.0 Å². The molecule has 54 heavy (non-hydrogen) atoms. The Morgan fingerprint density at radius 3 is 1.76 bits per heavy atom. The zero-order chi connectivity index (χ0) is 38.6. The molecule has 0 aromatic heterocycles. The van der Waals surface area contributed by atoms with Crippen molar-refractivity contribution in [3.63, 3.8) is 0 Å². The second kappa shape index (κ2) is 28.1. The summed E-state index contributed by atoms with van der Waals surface area (Å²) in [7, 11) is 0. The summed E-state index contributed by atoms with van der Waals surface area (Å²) in [6, 6.07) is 3.91. The van der Waals surface area contributed by atoms with Crippen LogP contribution in [0.2, 0.25) is 0 Å². The minimum Gasteiger partial charge on any atom is -0.463 e. The van der Waals surface area contributed by atoms with Gasteiger partial charge in [0.15, 0.2) is 0 Å². The number of nitrogens with zero attached hydrogens (tertiary/aromatic N) is 1. The molecule has 1 atom stereocenters. The van der Waals surface area contributed by atoms with Gasteiger partial charge in [0.05, 0.1) is 64.0 Å². The summed E-state index contributed by atoms with van der Waals surface area (Å²) in [6.07, 6.45) is 20.1. The Labute approximate surface area is 321 Å². The monoisotopic (exact) mass is 759 g/mol. The number of ether oxygens (including phenoxy) is 5. The number of unbranched alkanes of at least 4 members (excludes halogenated alkanes) is 14. The molecule has 4 amide bonds. The fourth-order valence-electron chi connectivity index (χ4n) is 6.61. The molecule has 0 aliphatic carbocycles. The van der Waals surface area contributed by atoms with Gasteiger partial charge in [-0.1, -0.05) is 103 Å². The van der Waals surface area contributed by atoms with Gasteiger partial charge < -0.3 is 29.0 Å². The molecule has 304 valence electrons. The standard InChI is InChI=1S/C41H65N3O10/c1-2-3-4-5-6-7-8-9-10-11-12-13-14-15-16-20-37(46)54-32-31-53-30-29-52-28-27-51-26-25-50-24-23-42-34-19-17-18-33-38(34)41(49)44(40(33)48)35-21-22-36(45)43-39(35)47/h17-19,35,42H,2-16,20-32H2,1H3,(H,43,45,47). The summed E-state index contributed by atoms with van der Waals surface area (Å²) in [5, 5.41) is 5.34. The minimum atomic E-state index is -1.01. The molecular weight excluding hydrogens is 694 g/mol. The Balaban J connectivity index is 1.05. The van der Waals surface area contributed by atoms with Gasteiger partial charge in [0.25, 0.3) is 11.8 Å². The van der Waals surface area contributed by atoms with E-state index in [2.05, 4.69) is 17.6 Å². The highest BCUT2D eigenvalue weighted by molar-refractivity contribution is 6.25. The molecule has 2 heterocycles. The first-order valence-electron chi connectivity index (χ1n) is 20.5. The number of esters is 1. The first kappa shape index (κ1) is 45.0. The largest absolute Gasteiger partial charge is 0.463 e. The van der Waals surface area contributed by atoms with Crippen LogP contribution in [0, 0.1) is 0 Å². The van der Waals surface area contributed by atoms with E-state index in [4.69, 9.17) is 23.7 Å². The summed E-state index contributed by atoms with van der Waals surface area (Å²) in [5.41, 5.74) is 0.914. The highest BCUT2D eigenvalue weighted by atomic mass is 16.6. The van der Waals surface area contributed by atoms with Crippen molar-refractivity contribution in [1.82, 2.24) is 10.2 Å². The number of amides is 4. The van der Waals surface area contributed by atoms with E-state index in [1.165, 1.54) is 83.5 Å². The lowest BCUT2D eigenvalue weighted by Gasteiger charge is -2.27. The molecule has 1 aromatic rings. The molecule has 2 aliphatic heterocycles. The van der Waals surface area contributed by atoms with E-state index in [0.717, 1.165) is 17.7 Å². The third kappa shape index (κ3) is 17.4. The van der Waals surface area contributed by atoms with Gasteiger partial charge >= 0.3 is 5.97 Å². The number of rotatable bonds is 33. The number of hydrogen-bond donors (Lipinski definition) is 2. The maximum absolute atomic E-state index is 13.2. The Kier molecular flexibility index (Phi) is 23.4. The minimum absolute atomic E-state index is 0.0681. The Morgan fingerprint density at radius 2 is 1.20 bits per heavy atom. The van der Waals surface area contributed by atoms with E-state index >= 15 is 0 Å². The SMILES string of the molecule is CCCCCCCCCCCCCCCCCC(=O)OCCOCCOCCOCCOCCNc1cccc2c1C(=O)N(C1CCC(=O)NC1=O)C2=O. The first-order chi connectivity index (χ1) is 26.4. The molecule has 0 spiro atoms. The fourth-order valence-corrected chi connectivity index (χ4v) is 6.61. The third-order valence-corrected chi connectivity index (χ3v) is 9.62. The van der Waals surface area contributed by atoms with Gasteiger partial charge in [0.1, 0.15) is 12.6 Å². The number of fused-ring (bicyclic) bond motifs is 1. The normalized spacial score (nSPS) is 15.5. The molecule has 2 aliphatic rings. The van der Waals surface area contributed by atoms with Crippen molar-refractivity contribution in [2.75, 3.05) is 71.3 Å². The number of hydrogen-bond acceptors (Lipinski definition) is 11. The van der Waals surface area contributed by atoms with Crippen molar-refractivity contribution >= 4 is 35.3 Å². The summed E-state index contributed by atoms with van der Waals surface area (Å²) in [6.45, 7) is 6.01. The van der Waals surface area contributed by atoms with Crippen LogP contribution in [0.1, 0.15) is 143 Å². The Bertz CT molecular complexity index is 1280. The Morgan fingerprint density at radius 1 is 0.685 bits per heavy atom. The second-order valence-electron chi connectivity index (χ2n) is 14.0. The van der Waals surface area contributed by atoms with E-state index in [9.17, 15) is 24.0 Å². The van der Waals surface area contributed by atoms with Crippen LogP contribution in [0.5, 0.6) is 0 Å². The number of carbonyl (C=O) groups excluding carboxylic acids is 5. The first-order valence-corrected chi connectivity index (χ1v) is 20.5. The smallest absolute Gasteiger partial charge is 0.305 e. The molecule has 2 N–H and O–H groups in total. The number of piperidine rings is 1. The molecule has 1 saturated heterocycles. The molecular formula is C41H65N3O10. The van der Waals surface area contributed by atoms with Gasteiger partial charge in [-0.3, -0.25) is 34.2 Å². The zero-order valence-electron chi connectivity index (χ0n) is 32.6. The van der Waals surface area contributed by atoms with Gasteiger partial charge in [-0.15, -0.1) is 0 Å². The van der Waals surface area contributed by atoms with Crippen LogP contribution < -0.4 is 10.6 Å². The Hall–Kier alpha value is -3.39. The molecule has 3 rings (SSSR count). The summed E-state index contributed by atoms with van der Waals surface area (Å²) >= 11 is 0. The highest BCUT2D eigenvalue weighted by Gasteiger charge is 2.45. The lowest BCUT2D eigenvalue weighted by atomic mass is 10.0. The highest BCUT2D eigenvalue weighted by Crippen LogP contribution is 2.32. The average molecular weight is 760 g/mol. The quantitative estimate of drug-likeness (QED) is 0.0466. The molecule has 0 saturated carbocycles. The maximum atomic E-state index is 13.2. The van der Waals surface area contributed by atoms with Gasteiger partial charge in [-0.2, -0.15) is 0 Å². The van der Waals surface area contributed by atoms with Crippen molar-refractivity contribution in [2.45, 2.75) is 129 Å². The third-order valence-electron chi connectivity index (χ3n) is 9.62. The summed E-state index contributed by atoms with van der Waals surface area (Å²) < 4.78 is 27.4. The lowest BCUT2D eigenvalue weighted by Crippen LogP contribution is -2.54. The van der Waals surface area contributed by atoms with Gasteiger partial charge in [-0.25, -0.2) is 0 Å². The van der Waals surface area contributed by atoms with E-state index in [-0.39, 0.29) is 36.5 Å². The van der Waals surface area contributed by atoms with Crippen molar-refractivity contribution in [3.05, 3.63) is 29.3 Å². The zero-order valence-corrected chi connectivity index (χ0v) is 32.6. The van der Waals surface area contributed by atoms with Crippen LogP contribution in [0.15, 0.2) is 18.2 Å². The van der Waals surface area contributed by atoms with Crippen LogP contribution in [0.25, 0.3) is 0 Å². The fraction of sp³-hybridized carbons (Fsp3) is 0.732. The van der Waals surface area contributed by atoms with E-state index in [1.54, 1.807) is 18.2 Å². The van der Waals surface area contributed by atoms with Gasteiger partial charge in [0.2, 0.25) is 11.8 Å². The van der Waals surface area contributed by atoms with Crippen LogP contribution in [0.4, 0.5) is 5.69 Å². The van der Waals surface area contributed by atoms with Crippen molar-refractivity contribution in [1.29, 1.82) is 0 Å². The molecule has 1 fully saturated rings. The van der Waals surface area contributed by atoms with Crippen LogP contribution >= 0.6 is 0 Å². The number of nitrogens with one attached hydrogen (secondary N) is 2. The topological polar surface area (TPSA) is 159 Å². The predicted octanol–water partition coefficient (Wildman–Crippen LogP) is 6.37. The van der Waals surface area contributed by atoms with Crippen molar-refractivity contribution in [3.8, 4) is 0 Å². The van der Waals surface area contributed by atoms with Crippen LogP contribution in [0.3, 0.4) is 0 Å². The maximum Gasteiger partial charge on any atom is 0.305 e. The van der Waals surface area contributed by atoms with Crippen molar-refractivity contribution < 1.29 is 47.7 Å². The average Bonchev–Trinajstić information content (AvgIpc) is 3.42. The molecule has 0 bridgehead atoms. The summed E-state index contributed by atoms with van der Waals surface area (Å²) in [4.78, 5) is 62.8. The van der Waals surface area contributed by atoms with Crippen molar-refractivity contribution in [2.24, 2.45) is 0 Å². The number of benzene rings is 1. The molecule has 0 radical (unpaired) electrons.